The molecule has 0 amide bonds. The average molecular weight is 516 g/mol. The summed E-state index contributed by atoms with van der Waals surface area (Å²) in [5.74, 6) is 3.19. The fourth-order valence-corrected chi connectivity index (χ4v) is 6.94. The monoisotopic (exact) mass is 516 g/mol. The zero-order valence-corrected chi connectivity index (χ0v) is 21.4. The van der Waals surface area contributed by atoms with Crippen LogP contribution in [0.25, 0.3) is 0 Å². The van der Waals surface area contributed by atoms with E-state index in [4.69, 9.17) is 18.1 Å². The molecule has 0 aromatic heterocycles. The third-order valence-corrected chi connectivity index (χ3v) is 8.92. The topological polar surface area (TPSA) is 43.4 Å². The lowest BCUT2D eigenvalue weighted by Crippen LogP contribution is -2.32. The van der Waals surface area contributed by atoms with Crippen LogP contribution in [0.1, 0.15) is 11.1 Å². The van der Waals surface area contributed by atoms with Crippen LogP contribution in [0.2, 0.25) is 0 Å². The maximum Gasteiger partial charge on any atom is 0.385 e. The molecule has 0 bridgehead atoms. The van der Waals surface area contributed by atoms with Crippen LogP contribution in [0.5, 0.6) is 23.0 Å². The number of fused-ring (bicyclic) bond motifs is 2. The zero-order chi connectivity index (χ0) is 24.2. The number of para-hydroxylation sites is 4. The Balaban J connectivity index is 1.21. The van der Waals surface area contributed by atoms with Gasteiger partial charge in [0.25, 0.3) is 0 Å². The minimum Gasteiger partial charge on any atom is -0.423 e. The molecule has 2 aliphatic rings. The molecule has 8 heteroatoms. The van der Waals surface area contributed by atoms with E-state index < -0.39 is 17.1 Å². The summed E-state index contributed by atoms with van der Waals surface area (Å²) in [5, 5.41) is 0. The molecule has 6 nitrogen and oxygen atoms in total. The van der Waals surface area contributed by atoms with Gasteiger partial charge in [0.05, 0.1) is 0 Å². The Morgan fingerprint density at radius 1 is 0.417 bits per heavy atom. The van der Waals surface area contributed by atoms with E-state index in [2.05, 4.69) is 57.9 Å². The maximum atomic E-state index is 6.26. The minimum atomic E-state index is -1.28. The number of benzene rings is 4. The van der Waals surface area contributed by atoms with Crippen molar-refractivity contribution in [1.82, 2.24) is 9.34 Å². The predicted octanol–water partition coefficient (Wildman–Crippen LogP) is 7.39. The van der Waals surface area contributed by atoms with Crippen LogP contribution < -0.4 is 18.1 Å². The van der Waals surface area contributed by atoms with Gasteiger partial charge in [-0.25, -0.2) is 9.34 Å². The van der Waals surface area contributed by atoms with Crippen molar-refractivity contribution in [3.8, 4) is 23.0 Å². The van der Waals surface area contributed by atoms with Crippen molar-refractivity contribution in [2.45, 2.75) is 13.1 Å². The smallest absolute Gasteiger partial charge is 0.385 e. The Hall–Kier alpha value is -3.14. The van der Waals surface area contributed by atoms with Crippen LogP contribution in [0.15, 0.2) is 109 Å². The molecule has 0 aliphatic carbocycles. The van der Waals surface area contributed by atoms with Gasteiger partial charge in [-0.3, -0.25) is 0 Å². The molecule has 6 rings (SSSR count). The van der Waals surface area contributed by atoms with Crippen molar-refractivity contribution in [1.29, 1.82) is 0 Å². The first-order chi connectivity index (χ1) is 17.8. The van der Waals surface area contributed by atoms with Crippen molar-refractivity contribution >= 4 is 17.1 Å². The molecule has 0 spiro atoms. The Morgan fingerprint density at radius 2 is 0.722 bits per heavy atom. The van der Waals surface area contributed by atoms with E-state index in [-0.39, 0.29) is 0 Å². The summed E-state index contributed by atoms with van der Waals surface area (Å²) in [6.45, 7) is 2.89. The first-order valence-electron chi connectivity index (χ1n) is 11.9. The lowest BCUT2D eigenvalue weighted by Gasteiger charge is -2.29. The fraction of sp³-hybridized carbons (Fsp3) is 0.143. The molecule has 0 radical (unpaired) electrons. The van der Waals surface area contributed by atoms with E-state index >= 15 is 0 Å². The van der Waals surface area contributed by atoms with Crippen LogP contribution in [-0.2, 0) is 13.1 Å². The van der Waals surface area contributed by atoms with Gasteiger partial charge in [0, 0.05) is 26.2 Å². The summed E-state index contributed by atoms with van der Waals surface area (Å²) in [5.41, 5.74) is 2.42. The van der Waals surface area contributed by atoms with Crippen molar-refractivity contribution in [2.75, 3.05) is 13.1 Å². The Labute approximate surface area is 213 Å². The van der Waals surface area contributed by atoms with E-state index in [1.165, 1.54) is 11.1 Å². The van der Waals surface area contributed by atoms with Gasteiger partial charge in [0.2, 0.25) is 0 Å². The van der Waals surface area contributed by atoms with Gasteiger partial charge in [-0.1, -0.05) is 84.9 Å². The highest BCUT2D eigenvalue weighted by Crippen LogP contribution is 2.56. The third kappa shape index (κ3) is 5.33. The van der Waals surface area contributed by atoms with Gasteiger partial charge >= 0.3 is 17.1 Å². The number of nitrogens with zero attached hydrogens (tertiary/aromatic N) is 2. The third-order valence-electron chi connectivity index (χ3n) is 5.90. The van der Waals surface area contributed by atoms with Gasteiger partial charge in [-0.2, -0.15) is 0 Å². The molecule has 0 unspecified atom stereocenters. The largest absolute Gasteiger partial charge is 0.423 e. The molecule has 2 aliphatic heterocycles. The average Bonchev–Trinajstić information content (AvgIpc) is 3.56. The summed E-state index contributed by atoms with van der Waals surface area (Å²) >= 11 is 0. The number of hydrogen-bond acceptors (Lipinski definition) is 6. The van der Waals surface area contributed by atoms with Crippen LogP contribution in [0, 0.1) is 0 Å². The molecule has 0 fully saturated rings. The van der Waals surface area contributed by atoms with Crippen LogP contribution in [0.3, 0.4) is 0 Å². The lowest BCUT2D eigenvalue weighted by molar-refractivity contribution is 0.308. The summed E-state index contributed by atoms with van der Waals surface area (Å²) < 4.78 is 29.6. The SMILES string of the molecule is c1ccc(CN(CCN(Cc2ccccc2)P2Oc3ccccc3O2)P2Oc3ccccc3O2)cc1. The zero-order valence-electron chi connectivity index (χ0n) is 19.6. The molecule has 4 aromatic rings. The first kappa shape index (κ1) is 23.3. The van der Waals surface area contributed by atoms with E-state index in [1.54, 1.807) is 0 Å². The summed E-state index contributed by atoms with van der Waals surface area (Å²) in [6.07, 6.45) is 0. The predicted molar refractivity (Wildman–Crippen MR) is 143 cm³/mol. The Morgan fingerprint density at radius 3 is 1.06 bits per heavy atom. The first-order valence-corrected chi connectivity index (χ1v) is 14.2. The quantitative estimate of drug-likeness (QED) is 0.216. The minimum absolute atomic E-state index is 0.722. The van der Waals surface area contributed by atoms with Gasteiger partial charge in [0.1, 0.15) is 0 Å². The van der Waals surface area contributed by atoms with Gasteiger partial charge in [-0.15, -0.1) is 0 Å². The molecule has 182 valence electrons. The van der Waals surface area contributed by atoms with Crippen molar-refractivity contribution < 1.29 is 18.1 Å². The molecule has 0 saturated carbocycles. The van der Waals surface area contributed by atoms with Crippen LogP contribution in [0.4, 0.5) is 0 Å². The summed E-state index contributed by atoms with van der Waals surface area (Å²) in [7, 11) is -2.55. The van der Waals surface area contributed by atoms with E-state index in [0.29, 0.717) is 0 Å². The summed E-state index contributed by atoms with van der Waals surface area (Å²) in [4.78, 5) is 0. The highest BCUT2D eigenvalue weighted by molar-refractivity contribution is 7.46. The van der Waals surface area contributed by atoms with E-state index in [1.807, 2.05) is 60.7 Å². The van der Waals surface area contributed by atoms with Crippen LogP contribution in [-0.4, -0.2) is 22.4 Å². The van der Waals surface area contributed by atoms with Crippen LogP contribution >= 0.6 is 17.1 Å². The molecule has 2 heterocycles. The number of rotatable bonds is 9. The van der Waals surface area contributed by atoms with Gasteiger partial charge in [-0.05, 0) is 35.4 Å². The molecular weight excluding hydrogens is 490 g/mol. The highest BCUT2D eigenvalue weighted by Gasteiger charge is 2.36. The van der Waals surface area contributed by atoms with Crippen molar-refractivity contribution in [2.24, 2.45) is 0 Å². The second kappa shape index (κ2) is 10.9. The van der Waals surface area contributed by atoms with E-state index in [9.17, 15) is 0 Å². The fourth-order valence-electron chi connectivity index (χ4n) is 4.06. The molecular formula is C28H26N2O4P2. The number of hydrogen-bond donors (Lipinski definition) is 0. The Kier molecular flexibility index (Phi) is 7.02. The normalized spacial score (nSPS) is 14.6. The maximum absolute atomic E-state index is 6.26. The molecule has 0 saturated heterocycles. The molecule has 0 atom stereocenters. The molecule has 36 heavy (non-hydrogen) atoms. The lowest BCUT2D eigenvalue weighted by atomic mass is 10.2. The van der Waals surface area contributed by atoms with Gasteiger partial charge < -0.3 is 18.1 Å². The second-order valence-electron chi connectivity index (χ2n) is 8.48. The highest BCUT2D eigenvalue weighted by atomic mass is 31.2. The van der Waals surface area contributed by atoms with Crippen molar-refractivity contribution in [3.05, 3.63) is 120 Å². The van der Waals surface area contributed by atoms with Gasteiger partial charge in [0.15, 0.2) is 23.0 Å². The van der Waals surface area contributed by atoms with Crippen molar-refractivity contribution in [3.63, 3.8) is 0 Å². The van der Waals surface area contributed by atoms with E-state index in [0.717, 1.165) is 49.2 Å². The second-order valence-corrected chi connectivity index (χ2v) is 11.3. The molecule has 0 N–H and O–H groups in total. The standard InChI is InChI=1S/C28H26N2O4P2/c1-3-11-23(12-4-1)21-29(35-31-25-15-7-8-16-26(25)32-35)19-20-30(22-24-13-5-2-6-14-24)36-33-27-17-9-10-18-28(27)34-36/h1-18H,19-22H2. The summed E-state index contributed by atoms with van der Waals surface area (Å²) in [6, 6.07) is 36.6. The molecule has 4 aromatic carbocycles. The Bertz CT molecular complexity index is 1140.